The van der Waals surface area contributed by atoms with Gasteiger partial charge in [-0.15, -0.1) is 10.2 Å². The van der Waals surface area contributed by atoms with Crippen molar-refractivity contribution in [3.05, 3.63) is 30.3 Å². The minimum atomic E-state index is 0.208. The lowest BCUT2D eigenvalue weighted by Gasteiger charge is -2.33. The van der Waals surface area contributed by atoms with Gasteiger partial charge in [-0.3, -0.25) is 9.36 Å². The zero-order valence-corrected chi connectivity index (χ0v) is 17.4. The standard InChI is InChI=1S/C21H29N5OS/c1-17-10-6-9-15-25(17)19(27)16-28-21-23-22-20(24-13-7-3-8-14-24)26(21)18-11-4-2-5-12-18/h2,4-5,11-12,17H,3,6-10,13-16H2,1H3. The lowest BCUT2D eigenvalue weighted by molar-refractivity contribution is -0.131. The van der Waals surface area contributed by atoms with Gasteiger partial charge in [-0.25, -0.2) is 0 Å². The van der Waals surface area contributed by atoms with Gasteiger partial charge in [-0.1, -0.05) is 30.0 Å². The van der Waals surface area contributed by atoms with Crippen LogP contribution in [-0.4, -0.2) is 57.0 Å². The zero-order chi connectivity index (χ0) is 19.3. The van der Waals surface area contributed by atoms with Gasteiger partial charge in [-0.05, 0) is 57.6 Å². The molecule has 6 nitrogen and oxygen atoms in total. The first kappa shape index (κ1) is 19.3. The number of nitrogens with zero attached hydrogens (tertiary/aromatic N) is 5. The van der Waals surface area contributed by atoms with E-state index in [0.717, 1.165) is 49.3 Å². The molecule has 0 spiro atoms. The maximum atomic E-state index is 12.8. The van der Waals surface area contributed by atoms with Crippen LogP contribution >= 0.6 is 11.8 Å². The number of benzene rings is 1. The molecule has 0 aliphatic carbocycles. The van der Waals surface area contributed by atoms with Gasteiger partial charge < -0.3 is 9.80 Å². The van der Waals surface area contributed by atoms with E-state index in [1.54, 1.807) is 0 Å². The highest BCUT2D eigenvalue weighted by Crippen LogP contribution is 2.29. The Balaban J connectivity index is 1.54. The Hall–Kier alpha value is -2.02. The van der Waals surface area contributed by atoms with E-state index < -0.39 is 0 Å². The smallest absolute Gasteiger partial charge is 0.233 e. The Morgan fingerprint density at radius 2 is 1.79 bits per heavy atom. The molecule has 1 unspecified atom stereocenters. The number of aromatic nitrogens is 3. The van der Waals surface area contributed by atoms with Gasteiger partial charge in [0.15, 0.2) is 5.16 Å². The number of para-hydroxylation sites is 1. The molecule has 0 radical (unpaired) electrons. The van der Waals surface area contributed by atoms with E-state index in [9.17, 15) is 4.79 Å². The summed E-state index contributed by atoms with van der Waals surface area (Å²) in [7, 11) is 0. The number of hydrogen-bond donors (Lipinski definition) is 0. The van der Waals surface area contributed by atoms with Crippen molar-refractivity contribution in [3.63, 3.8) is 0 Å². The van der Waals surface area contributed by atoms with Crippen LogP contribution in [-0.2, 0) is 4.79 Å². The van der Waals surface area contributed by atoms with Crippen molar-refractivity contribution in [1.82, 2.24) is 19.7 Å². The molecule has 0 bridgehead atoms. The van der Waals surface area contributed by atoms with Crippen molar-refractivity contribution in [1.29, 1.82) is 0 Å². The van der Waals surface area contributed by atoms with E-state index in [1.807, 2.05) is 23.1 Å². The van der Waals surface area contributed by atoms with Crippen molar-refractivity contribution >= 4 is 23.6 Å². The second-order valence-corrected chi connectivity index (χ2v) is 8.66. The van der Waals surface area contributed by atoms with Crippen molar-refractivity contribution in [2.24, 2.45) is 0 Å². The SMILES string of the molecule is CC1CCCCN1C(=O)CSc1nnc(N2CCCCC2)n1-c1ccccc1. The highest BCUT2D eigenvalue weighted by molar-refractivity contribution is 7.99. The largest absolute Gasteiger partial charge is 0.341 e. The van der Waals surface area contributed by atoms with Crippen LogP contribution in [0.4, 0.5) is 5.95 Å². The van der Waals surface area contributed by atoms with Crippen LogP contribution in [0.2, 0.25) is 0 Å². The molecule has 2 aromatic rings. The lowest BCUT2D eigenvalue weighted by Crippen LogP contribution is -2.43. The maximum Gasteiger partial charge on any atom is 0.233 e. The van der Waals surface area contributed by atoms with Gasteiger partial charge in [-0.2, -0.15) is 0 Å². The molecule has 1 atom stereocenters. The highest BCUT2D eigenvalue weighted by Gasteiger charge is 2.25. The molecule has 4 rings (SSSR count). The molecular weight excluding hydrogens is 370 g/mol. The lowest BCUT2D eigenvalue weighted by atomic mass is 10.0. The minimum Gasteiger partial charge on any atom is -0.341 e. The summed E-state index contributed by atoms with van der Waals surface area (Å²) in [6, 6.07) is 10.6. The van der Waals surface area contributed by atoms with Crippen LogP contribution in [0.15, 0.2) is 35.5 Å². The van der Waals surface area contributed by atoms with Crippen molar-refractivity contribution < 1.29 is 4.79 Å². The number of carbonyl (C=O) groups is 1. The first-order valence-electron chi connectivity index (χ1n) is 10.4. The molecule has 2 saturated heterocycles. The fourth-order valence-corrected chi connectivity index (χ4v) is 4.97. The first-order valence-corrected chi connectivity index (χ1v) is 11.4. The summed E-state index contributed by atoms with van der Waals surface area (Å²) in [6.45, 7) is 5.06. The number of anilines is 1. The molecular formula is C21H29N5OS. The quantitative estimate of drug-likeness (QED) is 0.717. The molecule has 1 aromatic carbocycles. The normalized spacial score (nSPS) is 20.4. The Bertz CT molecular complexity index is 787. The van der Waals surface area contributed by atoms with Crippen LogP contribution in [0.25, 0.3) is 5.69 Å². The van der Waals surface area contributed by atoms with E-state index >= 15 is 0 Å². The number of amides is 1. The molecule has 3 heterocycles. The van der Waals surface area contributed by atoms with Crippen LogP contribution in [0.1, 0.15) is 45.4 Å². The van der Waals surface area contributed by atoms with Gasteiger partial charge in [0.25, 0.3) is 0 Å². The van der Waals surface area contributed by atoms with Crippen LogP contribution in [0, 0.1) is 0 Å². The highest BCUT2D eigenvalue weighted by atomic mass is 32.2. The van der Waals surface area contributed by atoms with Gasteiger partial charge in [0.2, 0.25) is 11.9 Å². The Morgan fingerprint density at radius 3 is 2.54 bits per heavy atom. The summed E-state index contributed by atoms with van der Waals surface area (Å²) in [5, 5.41) is 9.78. The fraction of sp³-hybridized carbons (Fsp3) is 0.571. The first-order chi connectivity index (χ1) is 13.7. The molecule has 0 saturated carbocycles. The number of thioether (sulfide) groups is 1. The molecule has 2 fully saturated rings. The van der Waals surface area contributed by atoms with E-state index in [1.165, 1.54) is 37.4 Å². The van der Waals surface area contributed by atoms with E-state index in [4.69, 9.17) is 0 Å². The summed E-state index contributed by atoms with van der Waals surface area (Å²) in [6.07, 6.45) is 7.10. The molecule has 7 heteroatoms. The van der Waals surface area contributed by atoms with Crippen molar-refractivity contribution in [2.75, 3.05) is 30.3 Å². The van der Waals surface area contributed by atoms with E-state index in [-0.39, 0.29) is 5.91 Å². The minimum absolute atomic E-state index is 0.208. The number of carbonyl (C=O) groups excluding carboxylic acids is 1. The predicted octanol–water partition coefficient (Wildman–Crippen LogP) is 3.75. The van der Waals surface area contributed by atoms with Gasteiger partial charge >= 0.3 is 0 Å². The Kier molecular flexibility index (Phi) is 6.20. The molecule has 0 N–H and O–H groups in total. The average Bonchev–Trinajstić information content (AvgIpc) is 3.17. The van der Waals surface area contributed by atoms with Crippen LogP contribution in [0.5, 0.6) is 0 Å². The third kappa shape index (κ3) is 4.19. The maximum absolute atomic E-state index is 12.8. The van der Waals surface area contributed by atoms with Gasteiger partial charge in [0.1, 0.15) is 0 Å². The number of hydrogen-bond acceptors (Lipinski definition) is 5. The predicted molar refractivity (Wildman–Crippen MR) is 113 cm³/mol. The average molecular weight is 400 g/mol. The Morgan fingerprint density at radius 1 is 1.04 bits per heavy atom. The molecule has 150 valence electrons. The van der Waals surface area contributed by atoms with Crippen molar-refractivity contribution in [2.45, 2.75) is 56.6 Å². The van der Waals surface area contributed by atoms with Crippen LogP contribution < -0.4 is 4.90 Å². The van der Waals surface area contributed by atoms with E-state index in [0.29, 0.717) is 11.8 Å². The molecule has 1 amide bonds. The third-order valence-corrected chi connectivity index (χ3v) is 6.63. The van der Waals surface area contributed by atoms with Crippen molar-refractivity contribution in [3.8, 4) is 5.69 Å². The Labute approximate surface area is 171 Å². The second-order valence-electron chi connectivity index (χ2n) is 7.72. The van der Waals surface area contributed by atoms with E-state index in [2.05, 4.69) is 38.7 Å². The molecule has 2 aliphatic heterocycles. The summed E-state index contributed by atoms with van der Waals surface area (Å²) >= 11 is 1.50. The topological polar surface area (TPSA) is 54.3 Å². The summed E-state index contributed by atoms with van der Waals surface area (Å²) in [5.74, 6) is 1.52. The summed E-state index contributed by atoms with van der Waals surface area (Å²) in [4.78, 5) is 17.1. The third-order valence-electron chi connectivity index (χ3n) is 5.72. The molecule has 28 heavy (non-hydrogen) atoms. The van der Waals surface area contributed by atoms with Gasteiger partial charge in [0, 0.05) is 25.7 Å². The number of likely N-dealkylation sites (tertiary alicyclic amines) is 1. The number of rotatable bonds is 5. The number of piperidine rings is 2. The summed E-state index contributed by atoms with van der Waals surface area (Å²) in [5.41, 5.74) is 1.05. The zero-order valence-electron chi connectivity index (χ0n) is 16.6. The monoisotopic (exact) mass is 399 g/mol. The molecule has 2 aliphatic rings. The molecule has 1 aromatic heterocycles. The van der Waals surface area contributed by atoms with Gasteiger partial charge in [0.05, 0.1) is 11.4 Å². The van der Waals surface area contributed by atoms with Crippen LogP contribution in [0.3, 0.4) is 0 Å². The fourth-order valence-electron chi connectivity index (χ4n) is 4.14. The second kappa shape index (κ2) is 8.99. The summed E-state index contributed by atoms with van der Waals surface area (Å²) < 4.78 is 2.11.